The number of amides is 1. The van der Waals surface area contributed by atoms with E-state index in [1.807, 2.05) is 13.8 Å². The number of nitrogens with zero attached hydrogens (tertiary/aromatic N) is 1. The second-order valence-corrected chi connectivity index (χ2v) is 4.53. The molecule has 0 unspecified atom stereocenters. The number of amidine groups is 1. The maximum atomic E-state index is 11.8. The molecule has 0 radical (unpaired) electrons. The van der Waals surface area contributed by atoms with Crippen molar-refractivity contribution in [2.45, 2.75) is 13.8 Å². The van der Waals surface area contributed by atoms with Crippen LogP contribution < -0.4 is 15.8 Å². The molecule has 0 spiro atoms. The second kappa shape index (κ2) is 6.99. The number of hydrogen-bond donors (Lipinski definition) is 2. The van der Waals surface area contributed by atoms with Gasteiger partial charge in [-0.15, -0.1) is 11.6 Å². The third kappa shape index (κ3) is 4.44. The van der Waals surface area contributed by atoms with Gasteiger partial charge in [-0.25, -0.2) is 4.99 Å². The minimum Gasteiger partial charge on any atom is -0.497 e. The molecule has 0 saturated carbocycles. The van der Waals surface area contributed by atoms with Gasteiger partial charge in [-0.05, 0) is 12.1 Å². The topological polar surface area (TPSA) is 76.7 Å². The number of nitrogens with two attached hydrogens (primary N) is 1. The highest BCUT2D eigenvalue weighted by Crippen LogP contribution is 2.30. The first-order valence-corrected chi connectivity index (χ1v) is 6.39. The highest BCUT2D eigenvalue weighted by molar-refractivity contribution is 6.28. The molecule has 0 heterocycles. The minimum atomic E-state index is -0.131. The number of methoxy groups -OCH3 is 1. The summed E-state index contributed by atoms with van der Waals surface area (Å²) >= 11 is 5.60. The van der Waals surface area contributed by atoms with E-state index in [1.165, 1.54) is 0 Å². The highest BCUT2D eigenvalue weighted by atomic mass is 35.5. The number of benzene rings is 1. The number of alkyl halides is 1. The van der Waals surface area contributed by atoms with Gasteiger partial charge in [-0.2, -0.15) is 0 Å². The molecule has 0 aliphatic carbocycles. The molecule has 0 fully saturated rings. The van der Waals surface area contributed by atoms with Crippen LogP contribution in [-0.2, 0) is 4.79 Å². The Kier molecular flexibility index (Phi) is 5.63. The number of aliphatic imine (C=N–C) groups is 1. The first kappa shape index (κ1) is 15.3. The molecule has 1 aromatic rings. The molecule has 0 saturated heterocycles. The Morgan fingerprint density at radius 2 is 2.21 bits per heavy atom. The van der Waals surface area contributed by atoms with Crippen molar-refractivity contribution in [1.82, 2.24) is 0 Å². The monoisotopic (exact) mass is 283 g/mol. The summed E-state index contributed by atoms with van der Waals surface area (Å²) in [6.45, 7) is 3.62. The maximum Gasteiger partial charge on any atom is 0.226 e. The van der Waals surface area contributed by atoms with Crippen LogP contribution in [0.4, 0.5) is 11.4 Å². The van der Waals surface area contributed by atoms with Crippen LogP contribution in [0.5, 0.6) is 5.75 Å². The van der Waals surface area contributed by atoms with Crippen molar-refractivity contribution in [1.29, 1.82) is 0 Å². The summed E-state index contributed by atoms with van der Waals surface area (Å²) < 4.78 is 5.13. The summed E-state index contributed by atoms with van der Waals surface area (Å²) in [4.78, 5) is 15.9. The van der Waals surface area contributed by atoms with Crippen molar-refractivity contribution < 1.29 is 9.53 Å². The number of nitrogens with one attached hydrogen (secondary N) is 1. The van der Waals surface area contributed by atoms with Gasteiger partial charge < -0.3 is 15.8 Å². The van der Waals surface area contributed by atoms with Gasteiger partial charge in [-0.3, -0.25) is 4.79 Å². The maximum absolute atomic E-state index is 11.8. The van der Waals surface area contributed by atoms with E-state index in [9.17, 15) is 4.79 Å². The fraction of sp³-hybridized carbons (Fsp3) is 0.385. The fourth-order valence-electron chi connectivity index (χ4n) is 1.30. The Labute approximate surface area is 117 Å². The third-order valence-corrected chi connectivity index (χ3v) is 2.66. The van der Waals surface area contributed by atoms with Crippen molar-refractivity contribution in [3.63, 3.8) is 0 Å². The normalized spacial score (nSPS) is 11.5. The first-order chi connectivity index (χ1) is 8.97. The van der Waals surface area contributed by atoms with Gasteiger partial charge in [0, 0.05) is 12.0 Å². The molecule has 1 amide bonds. The molecule has 0 aromatic heterocycles. The van der Waals surface area contributed by atoms with Crippen LogP contribution >= 0.6 is 11.6 Å². The van der Waals surface area contributed by atoms with Crippen LogP contribution in [0.25, 0.3) is 0 Å². The molecule has 104 valence electrons. The molecule has 3 N–H and O–H groups in total. The Hall–Kier alpha value is -1.75. The van der Waals surface area contributed by atoms with Crippen molar-refractivity contribution in [3.8, 4) is 5.75 Å². The lowest BCUT2D eigenvalue weighted by Gasteiger charge is -2.12. The molecule has 0 aliphatic heterocycles. The standard InChI is InChI=1S/C13H18ClN3O2/c1-8(2)13(18)17-11-6-9(19-3)4-5-10(11)16-12(15)7-14/h4-6,8H,7H2,1-3H3,(H2,15,16)(H,17,18). The molecule has 0 atom stereocenters. The summed E-state index contributed by atoms with van der Waals surface area (Å²) in [5, 5.41) is 2.79. The number of rotatable bonds is 5. The Bertz CT molecular complexity index is 487. The van der Waals surface area contributed by atoms with E-state index in [1.54, 1.807) is 25.3 Å². The minimum absolute atomic E-state index is 0.103. The van der Waals surface area contributed by atoms with Gasteiger partial charge in [0.2, 0.25) is 5.91 Å². The molecular formula is C13H18ClN3O2. The predicted octanol–water partition coefficient (Wildman–Crippen LogP) is 2.52. The number of ether oxygens (including phenoxy) is 1. The Balaban J connectivity index is 3.13. The quantitative estimate of drug-likeness (QED) is 0.495. The van der Waals surface area contributed by atoms with Crippen LogP contribution in [0, 0.1) is 5.92 Å². The zero-order valence-corrected chi connectivity index (χ0v) is 12.0. The summed E-state index contributed by atoms with van der Waals surface area (Å²) in [7, 11) is 1.56. The summed E-state index contributed by atoms with van der Waals surface area (Å²) in [5.74, 6) is 0.806. The van der Waals surface area contributed by atoms with Gasteiger partial charge in [0.25, 0.3) is 0 Å². The Morgan fingerprint density at radius 1 is 1.53 bits per heavy atom. The number of carbonyl (C=O) groups is 1. The average molecular weight is 284 g/mol. The number of carbonyl (C=O) groups excluding carboxylic acids is 1. The van der Waals surface area contributed by atoms with Gasteiger partial charge in [0.15, 0.2) is 0 Å². The second-order valence-electron chi connectivity index (χ2n) is 4.26. The smallest absolute Gasteiger partial charge is 0.226 e. The largest absolute Gasteiger partial charge is 0.497 e. The van der Waals surface area contributed by atoms with Gasteiger partial charge in [-0.1, -0.05) is 13.8 Å². The van der Waals surface area contributed by atoms with Gasteiger partial charge in [0.1, 0.15) is 11.6 Å². The average Bonchev–Trinajstić information content (AvgIpc) is 2.40. The zero-order chi connectivity index (χ0) is 14.4. The van der Waals surface area contributed by atoms with E-state index in [0.29, 0.717) is 17.1 Å². The number of anilines is 1. The van der Waals surface area contributed by atoms with Crippen molar-refractivity contribution in [3.05, 3.63) is 18.2 Å². The van der Waals surface area contributed by atoms with E-state index in [0.717, 1.165) is 0 Å². The van der Waals surface area contributed by atoms with Crippen LogP contribution in [0.3, 0.4) is 0 Å². The van der Waals surface area contributed by atoms with Crippen LogP contribution in [-0.4, -0.2) is 24.7 Å². The number of hydrogen-bond acceptors (Lipinski definition) is 3. The summed E-state index contributed by atoms with van der Waals surface area (Å²) in [6, 6.07) is 5.15. The van der Waals surface area contributed by atoms with Crippen molar-refractivity contribution in [2.24, 2.45) is 16.6 Å². The van der Waals surface area contributed by atoms with Gasteiger partial charge >= 0.3 is 0 Å². The van der Waals surface area contributed by atoms with E-state index >= 15 is 0 Å². The molecule has 0 aliphatic rings. The highest BCUT2D eigenvalue weighted by Gasteiger charge is 2.11. The van der Waals surface area contributed by atoms with E-state index in [2.05, 4.69) is 10.3 Å². The lowest BCUT2D eigenvalue weighted by atomic mass is 10.2. The zero-order valence-electron chi connectivity index (χ0n) is 11.2. The molecule has 5 nitrogen and oxygen atoms in total. The third-order valence-electron chi connectivity index (χ3n) is 2.39. The first-order valence-electron chi connectivity index (χ1n) is 5.85. The van der Waals surface area contributed by atoms with Crippen molar-refractivity contribution >= 4 is 34.7 Å². The van der Waals surface area contributed by atoms with Crippen molar-refractivity contribution in [2.75, 3.05) is 18.3 Å². The predicted molar refractivity (Wildman–Crippen MR) is 78.5 cm³/mol. The molecule has 19 heavy (non-hydrogen) atoms. The van der Waals surface area contributed by atoms with E-state index in [4.69, 9.17) is 22.1 Å². The van der Waals surface area contributed by atoms with Crippen LogP contribution in [0.2, 0.25) is 0 Å². The summed E-state index contributed by atoms with van der Waals surface area (Å²) in [5.41, 5.74) is 6.71. The van der Waals surface area contributed by atoms with Crippen LogP contribution in [0.1, 0.15) is 13.8 Å². The van der Waals surface area contributed by atoms with E-state index in [-0.39, 0.29) is 23.5 Å². The molecule has 1 rings (SSSR count). The molecule has 0 bridgehead atoms. The fourth-order valence-corrected chi connectivity index (χ4v) is 1.36. The SMILES string of the molecule is COc1ccc(N=C(N)CCl)c(NC(=O)C(C)C)c1. The van der Waals surface area contributed by atoms with Crippen LogP contribution in [0.15, 0.2) is 23.2 Å². The Morgan fingerprint density at radius 3 is 2.74 bits per heavy atom. The molecule has 1 aromatic carbocycles. The molecule has 6 heteroatoms. The summed E-state index contributed by atoms with van der Waals surface area (Å²) in [6.07, 6.45) is 0. The van der Waals surface area contributed by atoms with E-state index < -0.39 is 0 Å². The number of halogens is 1. The lowest BCUT2D eigenvalue weighted by molar-refractivity contribution is -0.118. The molecular weight excluding hydrogens is 266 g/mol. The lowest BCUT2D eigenvalue weighted by Crippen LogP contribution is -2.18. The van der Waals surface area contributed by atoms with Gasteiger partial charge in [0.05, 0.1) is 24.4 Å².